The quantitative estimate of drug-likeness (QED) is 0.552. The Morgan fingerprint density at radius 1 is 1.27 bits per heavy atom. The highest BCUT2D eigenvalue weighted by atomic mass is 16.5. The van der Waals surface area contributed by atoms with E-state index in [1.165, 1.54) is 6.92 Å². The van der Waals surface area contributed by atoms with E-state index in [0.29, 0.717) is 18.9 Å². The third kappa shape index (κ3) is 7.08. The van der Waals surface area contributed by atoms with Crippen LogP contribution in [0.25, 0.3) is 0 Å². The fourth-order valence-electron chi connectivity index (χ4n) is 1.69. The van der Waals surface area contributed by atoms with Gasteiger partial charge in [0, 0.05) is 13.7 Å². The lowest BCUT2D eigenvalue weighted by atomic mass is 10.2. The van der Waals surface area contributed by atoms with E-state index in [-0.39, 0.29) is 18.9 Å². The molecule has 0 aliphatic heterocycles. The number of benzene rings is 1. The predicted octanol–water partition coefficient (Wildman–Crippen LogP) is 1.46. The van der Waals surface area contributed by atoms with Crippen molar-refractivity contribution in [3.63, 3.8) is 0 Å². The molecule has 6 heteroatoms. The summed E-state index contributed by atoms with van der Waals surface area (Å²) in [5.74, 6) is -0.106. The Balaban J connectivity index is 2.23. The summed E-state index contributed by atoms with van der Waals surface area (Å²) in [5, 5.41) is 2.60. The highest BCUT2D eigenvalue weighted by Crippen LogP contribution is 2.12. The molecule has 0 saturated carbocycles. The lowest BCUT2D eigenvalue weighted by Gasteiger charge is -2.13. The molecule has 0 heterocycles. The molecular formula is C16H23NO5. The van der Waals surface area contributed by atoms with Crippen LogP contribution in [0.1, 0.15) is 18.9 Å². The van der Waals surface area contributed by atoms with Crippen LogP contribution in [0.15, 0.2) is 24.3 Å². The van der Waals surface area contributed by atoms with E-state index in [1.54, 1.807) is 7.11 Å². The van der Waals surface area contributed by atoms with Crippen molar-refractivity contribution in [2.75, 3.05) is 26.9 Å². The minimum Gasteiger partial charge on any atom is -0.493 e. The van der Waals surface area contributed by atoms with Crippen LogP contribution < -0.4 is 10.1 Å². The molecule has 1 rings (SSSR count). The molecule has 0 aromatic heterocycles. The van der Waals surface area contributed by atoms with Gasteiger partial charge in [-0.1, -0.05) is 12.1 Å². The normalized spacial score (nSPS) is 11.6. The van der Waals surface area contributed by atoms with E-state index in [0.717, 1.165) is 5.56 Å². The molecule has 0 unspecified atom stereocenters. The molecular weight excluding hydrogens is 286 g/mol. The Morgan fingerprint density at radius 2 is 2.05 bits per heavy atom. The molecule has 0 saturated heterocycles. The van der Waals surface area contributed by atoms with Gasteiger partial charge in [-0.25, -0.2) is 0 Å². The maximum Gasteiger partial charge on any atom is 0.310 e. The maximum absolute atomic E-state index is 11.6. The molecule has 1 amide bonds. The van der Waals surface area contributed by atoms with Crippen LogP contribution in [0, 0.1) is 6.92 Å². The summed E-state index contributed by atoms with van der Waals surface area (Å²) in [6.07, 6.45) is -0.743. The van der Waals surface area contributed by atoms with Crippen molar-refractivity contribution in [3.05, 3.63) is 29.8 Å². The fraction of sp³-hybridized carbons (Fsp3) is 0.500. The molecule has 0 fully saturated rings. The molecule has 0 bridgehead atoms. The van der Waals surface area contributed by atoms with E-state index in [1.807, 2.05) is 31.2 Å². The van der Waals surface area contributed by atoms with Crippen LogP contribution in [-0.4, -0.2) is 44.8 Å². The smallest absolute Gasteiger partial charge is 0.310 e. The third-order valence-corrected chi connectivity index (χ3v) is 2.85. The molecule has 1 N–H and O–H groups in total. The number of hydrogen-bond acceptors (Lipinski definition) is 5. The van der Waals surface area contributed by atoms with Crippen LogP contribution >= 0.6 is 0 Å². The minimum atomic E-state index is -0.830. The number of hydrogen-bond donors (Lipinski definition) is 1. The van der Waals surface area contributed by atoms with E-state index in [2.05, 4.69) is 5.32 Å². The van der Waals surface area contributed by atoms with Gasteiger partial charge in [0.2, 0.25) is 0 Å². The Hall–Kier alpha value is -2.08. The summed E-state index contributed by atoms with van der Waals surface area (Å²) in [7, 11) is 1.55. The summed E-state index contributed by atoms with van der Waals surface area (Å²) < 4.78 is 15.3. The Kier molecular flexibility index (Phi) is 7.99. The van der Waals surface area contributed by atoms with Crippen LogP contribution in [0.2, 0.25) is 0 Å². The molecule has 6 nitrogen and oxygen atoms in total. The molecule has 122 valence electrons. The van der Waals surface area contributed by atoms with Gasteiger partial charge in [-0.15, -0.1) is 0 Å². The zero-order chi connectivity index (χ0) is 16.4. The lowest BCUT2D eigenvalue weighted by Crippen LogP contribution is -2.37. The number of amides is 1. The van der Waals surface area contributed by atoms with E-state index < -0.39 is 12.1 Å². The first-order valence-corrected chi connectivity index (χ1v) is 7.18. The maximum atomic E-state index is 11.6. The van der Waals surface area contributed by atoms with Crippen LogP contribution in [0.3, 0.4) is 0 Å². The molecule has 0 radical (unpaired) electrons. The monoisotopic (exact) mass is 309 g/mol. The summed E-state index contributed by atoms with van der Waals surface area (Å²) in [5.41, 5.74) is 1.08. The molecule has 0 aliphatic rings. The summed E-state index contributed by atoms with van der Waals surface area (Å²) >= 11 is 0. The van der Waals surface area contributed by atoms with Crippen LogP contribution in [-0.2, 0) is 19.1 Å². The van der Waals surface area contributed by atoms with Crippen LogP contribution in [0.5, 0.6) is 5.75 Å². The number of rotatable bonds is 9. The van der Waals surface area contributed by atoms with Crippen molar-refractivity contribution >= 4 is 11.9 Å². The molecule has 0 spiro atoms. The Morgan fingerprint density at radius 3 is 2.73 bits per heavy atom. The van der Waals surface area contributed by atoms with E-state index in [9.17, 15) is 9.59 Å². The number of aryl methyl sites for hydroxylation is 1. The average Bonchev–Trinajstić information content (AvgIpc) is 2.47. The Bertz CT molecular complexity index is 489. The first-order chi connectivity index (χ1) is 10.5. The molecule has 1 atom stereocenters. The predicted molar refractivity (Wildman–Crippen MR) is 81.7 cm³/mol. The third-order valence-electron chi connectivity index (χ3n) is 2.85. The van der Waals surface area contributed by atoms with Crippen molar-refractivity contribution in [1.29, 1.82) is 0 Å². The van der Waals surface area contributed by atoms with Gasteiger partial charge >= 0.3 is 5.97 Å². The van der Waals surface area contributed by atoms with Gasteiger partial charge in [0.1, 0.15) is 5.75 Å². The molecule has 1 aromatic rings. The van der Waals surface area contributed by atoms with Crippen molar-refractivity contribution in [1.82, 2.24) is 5.32 Å². The standard InChI is InChI=1S/C16H23NO5/c1-12-5-4-6-14(11-12)21-9-7-15(18)22-13(2)16(19)17-8-10-20-3/h4-6,11,13H,7-10H2,1-3H3,(H,17,19)/t13-/m0/s1. The Labute approximate surface area is 130 Å². The van der Waals surface area contributed by atoms with Gasteiger partial charge in [-0.3, -0.25) is 9.59 Å². The minimum absolute atomic E-state index is 0.0869. The highest BCUT2D eigenvalue weighted by Gasteiger charge is 2.17. The average molecular weight is 309 g/mol. The largest absolute Gasteiger partial charge is 0.493 e. The van der Waals surface area contributed by atoms with Crippen molar-refractivity contribution in [3.8, 4) is 5.75 Å². The molecule has 0 aliphatic carbocycles. The summed E-state index contributed by atoms with van der Waals surface area (Å²) in [4.78, 5) is 23.2. The second-order valence-corrected chi connectivity index (χ2v) is 4.83. The van der Waals surface area contributed by atoms with Crippen molar-refractivity contribution in [2.45, 2.75) is 26.4 Å². The van der Waals surface area contributed by atoms with Gasteiger partial charge in [0.25, 0.3) is 5.91 Å². The van der Waals surface area contributed by atoms with E-state index in [4.69, 9.17) is 14.2 Å². The number of nitrogens with one attached hydrogen (secondary N) is 1. The first-order valence-electron chi connectivity index (χ1n) is 7.18. The van der Waals surface area contributed by atoms with Crippen molar-refractivity contribution < 1.29 is 23.8 Å². The number of esters is 1. The first kappa shape index (κ1) is 18.0. The van der Waals surface area contributed by atoms with Gasteiger partial charge in [-0.05, 0) is 31.5 Å². The highest BCUT2D eigenvalue weighted by molar-refractivity contribution is 5.83. The number of carbonyl (C=O) groups excluding carboxylic acids is 2. The number of ether oxygens (including phenoxy) is 3. The molecule has 1 aromatic carbocycles. The lowest BCUT2D eigenvalue weighted by molar-refractivity contribution is -0.155. The number of carbonyl (C=O) groups is 2. The van der Waals surface area contributed by atoms with Crippen molar-refractivity contribution in [2.24, 2.45) is 0 Å². The van der Waals surface area contributed by atoms with Gasteiger partial charge in [-0.2, -0.15) is 0 Å². The zero-order valence-electron chi connectivity index (χ0n) is 13.3. The topological polar surface area (TPSA) is 73.9 Å². The second-order valence-electron chi connectivity index (χ2n) is 4.83. The zero-order valence-corrected chi connectivity index (χ0v) is 13.3. The number of methoxy groups -OCH3 is 1. The van der Waals surface area contributed by atoms with Gasteiger partial charge in [0.05, 0.1) is 19.6 Å². The summed E-state index contributed by atoms with van der Waals surface area (Å²) in [6, 6.07) is 7.56. The van der Waals surface area contributed by atoms with E-state index >= 15 is 0 Å². The molecule has 22 heavy (non-hydrogen) atoms. The van der Waals surface area contributed by atoms with Gasteiger partial charge in [0.15, 0.2) is 6.10 Å². The van der Waals surface area contributed by atoms with Gasteiger partial charge < -0.3 is 19.5 Å². The summed E-state index contributed by atoms with van der Waals surface area (Å²) in [6.45, 7) is 4.50. The van der Waals surface area contributed by atoms with Crippen LogP contribution in [0.4, 0.5) is 0 Å². The second kappa shape index (κ2) is 9.78. The fourth-order valence-corrected chi connectivity index (χ4v) is 1.69. The SMILES string of the molecule is COCCNC(=O)[C@H](C)OC(=O)CCOc1cccc(C)c1.